The molecule has 3 heterocycles. The Morgan fingerprint density at radius 1 is 1.00 bits per heavy atom. The van der Waals surface area contributed by atoms with Crippen molar-refractivity contribution in [1.29, 1.82) is 0 Å². The van der Waals surface area contributed by atoms with Crippen LogP contribution in [0.15, 0.2) is 55.0 Å². The van der Waals surface area contributed by atoms with E-state index in [1.54, 1.807) is 0 Å². The summed E-state index contributed by atoms with van der Waals surface area (Å²) in [5.74, 6) is 1.40. The molecule has 9 heteroatoms. The van der Waals surface area contributed by atoms with E-state index in [2.05, 4.69) is 38.1 Å². The molecular formula is C26H29F3N6. The Bertz CT molecular complexity index is 1230. The van der Waals surface area contributed by atoms with E-state index in [0.29, 0.717) is 11.5 Å². The number of alkyl halides is 3. The van der Waals surface area contributed by atoms with Gasteiger partial charge in [-0.2, -0.15) is 13.2 Å². The molecule has 0 atom stereocenters. The predicted molar refractivity (Wildman–Crippen MR) is 132 cm³/mol. The third-order valence-electron chi connectivity index (χ3n) is 7.75. The summed E-state index contributed by atoms with van der Waals surface area (Å²) in [7, 11) is 0. The maximum absolute atomic E-state index is 12.8. The van der Waals surface area contributed by atoms with Crippen LogP contribution in [0.3, 0.4) is 0 Å². The van der Waals surface area contributed by atoms with Crippen LogP contribution < -0.4 is 15.5 Å². The van der Waals surface area contributed by atoms with Gasteiger partial charge < -0.3 is 20.5 Å². The number of hydrogen-bond donors (Lipinski definition) is 3. The van der Waals surface area contributed by atoms with Crippen molar-refractivity contribution in [2.45, 2.75) is 37.9 Å². The molecule has 184 valence electrons. The number of H-pyrrole nitrogens is 1. The number of halogens is 3. The van der Waals surface area contributed by atoms with Gasteiger partial charge in [-0.05, 0) is 67.5 Å². The zero-order chi connectivity index (χ0) is 24.2. The highest BCUT2D eigenvalue weighted by molar-refractivity contribution is 5.90. The minimum absolute atomic E-state index is 0.445. The smallest absolute Gasteiger partial charge is 0.358 e. The standard InChI is InChI=1S/C26H29F3N6/c1-17(31-19-4-2-18(3-5-19)26(27,28)29)32-22-16-30-21-6-7-23(33-24(21)22)35-12-10-34(11-13-35)20-14-25(15-20)8-9-25/h2-7,16,20,30-32H,1,8-15H2. The number of aromatic nitrogens is 2. The van der Waals surface area contributed by atoms with E-state index in [-0.39, 0.29) is 0 Å². The number of fused-ring (bicyclic) bond motifs is 1. The van der Waals surface area contributed by atoms with E-state index in [0.717, 1.165) is 72.3 Å². The van der Waals surface area contributed by atoms with E-state index in [4.69, 9.17) is 4.98 Å². The van der Waals surface area contributed by atoms with Gasteiger partial charge in [-0.15, -0.1) is 0 Å². The summed E-state index contributed by atoms with van der Waals surface area (Å²) >= 11 is 0. The number of aromatic amines is 1. The third-order valence-corrected chi connectivity index (χ3v) is 7.75. The molecule has 2 aromatic heterocycles. The molecular weight excluding hydrogens is 453 g/mol. The Balaban J connectivity index is 1.09. The largest absolute Gasteiger partial charge is 0.416 e. The fourth-order valence-corrected chi connectivity index (χ4v) is 5.47. The molecule has 3 aliphatic rings. The van der Waals surface area contributed by atoms with Crippen LogP contribution in [0, 0.1) is 5.41 Å². The summed E-state index contributed by atoms with van der Waals surface area (Å²) in [6.07, 6.45) is 3.12. The van der Waals surface area contributed by atoms with Gasteiger partial charge in [0.25, 0.3) is 0 Å². The van der Waals surface area contributed by atoms with Crippen molar-refractivity contribution in [3.05, 3.63) is 60.6 Å². The number of anilines is 3. The van der Waals surface area contributed by atoms with E-state index < -0.39 is 11.7 Å². The lowest BCUT2D eigenvalue weighted by molar-refractivity contribution is -0.137. The molecule has 1 spiro atoms. The first kappa shape index (κ1) is 22.3. The summed E-state index contributed by atoms with van der Waals surface area (Å²) in [5, 5.41) is 6.20. The fourth-order valence-electron chi connectivity index (χ4n) is 5.47. The molecule has 6 rings (SSSR count). The van der Waals surface area contributed by atoms with Crippen molar-refractivity contribution in [1.82, 2.24) is 14.9 Å². The Hall–Kier alpha value is -3.20. The van der Waals surface area contributed by atoms with Crippen LogP contribution in [0.5, 0.6) is 0 Å². The molecule has 3 N–H and O–H groups in total. The van der Waals surface area contributed by atoms with Gasteiger partial charge in [-0.1, -0.05) is 6.58 Å². The Morgan fingerprint density at radius 2 is 1.71 bits per heavy atom. The molecule has 3 aromatic rings. The molecule has 0 radical (unpaired) electrons. The number of benzene rings is 1. The minimum atomic E-state index is -4.36. The predicted octanol–water partition coefficient (Wildman–Crippen LogP) is 5.64. The quantitative estimate of drug-likeness (QED) is 0.424. The zero-order valence-electron chi connectivity index (χ0n) is 19.5. The number of hydrogen-bond acceptors (Lipinski definition) is 5. The van der Waals surface area contributed by atoms with Gasteiger partial charge in [0.05, 0.1) is 16.8 Å². The van der Waals surface area contributed by atoms with Crippen LogP contribution in [-0.4, -0.2) is 47.1 Å². The average molecular weight is 483 g/mol. The van der Waals surface area contributed by atoms with Crippen LogP contribution in [0.4, 0.5) is 30.4 Å². The van der Waals surface area contributed by atoms with E-state index >= 15 is 0 Å². The highest BCUT2D eigenvalue weighted by Crippen LogP contribution is 2.61. The Morgan fingerprint density at radius 3 is 2.37 bits per heavy atom. The van der Waals surface area contributed by atoms with Crippen LogP contribution in [0.25, 0.3) is 11.0 Å². The van der Waals surface area contributed by atoms with Crippen molar-refractivity contribution in [3.63, 3.8) is 0 Å². The minimum Gasteiger partial charge on any atom is -0.358 e. The number of piperazine rings is 1. The summed E-state index contributed by atoms with van der Waals surface area (Å²) in [6, 6.07) is 9.72. The van der Waals surface area contributed by atoms with Gasteiger partial charge in [0.15, 0.2) is 0 Å². The van der Waals surface area contributed by atoms with Crippen molar-refractivity contribution in [3.8, 4) is 0 Å². The van der Waals surface area contributed by atoms with E-state index in [1.165, 1.54) is 37.8 Å². The molecule has 0 amide bonds. The first-order valence-electron chi connectivity index (χ1n) is 12.2. The summed E-state index contributed by atoms with van der Waals surface area (Å²) < 4.78 is 38.4. The highest BCUT2D eigenvalue weighted by Gasteiger charge is 2.54. The molecule has 1 aliphatic heterocycles. The summed E-state index contributed by atoms with van der Waals surface area (Å²) in [6.45, 7) is 8.06. The molecule has 1 saturated heterocycles. The van der Waals surface area contributed by atoms with Crippen molar-refractivity contribution < 1.29 is 13.2 Å². The second-order valence-electron chi connectivity index (χ2n) is 10.2. The van der Waals surface area contributed by atoms with Crippen molar-refractivity contribution in [2.24, 2.45) is 5.41 Å². The fraction of sp³-hybridized carbons (Fsp3) is 0.423. The highest BCUT2D eigenvalue weighted by atomic mass is 19.4. The summed E-state index contributed by atoms with van der Waals surface area (Å²) in [4.78, 5) is 13.1. The number of pyridine rings is 1. The zero-order valence-corrected chi connectivity index (χ0v) is 19.5. The number of rotatable bonds is 6. The van der Waals surface area contributed by atoms with Crippen LogP contribution >= 0.6 is 0 Å². The van der Waals surface area contributed by atoms with Crippen LogP contribution in [-0.2, 0) is 6.18 Å². The Kier molecular flexibility index (Phi) is 5.21. The van der Waals surface area contributed by atoms with Gasteiger partial charge >= 0.3 is 6.18 Å². The topological polar surface area (TPSA) is 59.2 Å². The normalized spacial score (nSPS) is 20.1. The number of nitrogens with zero attached hydrogens (tertiary/aromatic N) is 3. The summed E-state index contributed by atoms with van der Waals surface area (Å²) in [5.41, 5.74) is 3.03. The van der Waals surface area contributed by atoms with Crippen LogP contribution in [0.2, 0.25) is 0 Å². The third kappa shape index (κ3) is 4.45. The van der Waals surface area contributed by atoms with Gasteiger partial charge in [-0.25, -0.2) is 4.98 Å². The maximum Gasteiger partial charge on any atom is 0.416 e. The van der Waals surface area contributed by atoms with E-state index in [1.807, 2.05) is 12.3 Å². The molecule has 1 aromatic carbocycles. The first-order valence-corrected chi connectivity index (χ1v) is 12.2. The molecule has 6 nitrogen and oxygen atoms in total. The van der Waals surface area contributed by atoms with Gasteiger partial charge in [0, 0.05) is 44.1 Å². The molecule has 2 aliphatic carbocycles. The number of nitrogens with one attached hydrogen (secondary N) is 3. The second kappa shape index (κ2) is 8.19. The molecule has 0 unspecified atom stereocenters. The van der Waals surface area contributed by atoms with E-state index in [9.17, 15) is 13.2 Å². The SMILES string of the molecule is C=C(Nc1ccc(C(F)(F)F)cc1)Nc1c[nH]c2ccc(N3CCN(C4CC5(CC5)C4)CC3)nc12. The maximum atomic E-state index is 12.8. The molecule has 2 saturated carbocycles. The Labute approximate surface area is 202 Å². The lowest BCUT2D eigenvalue weighted by Gasteiger charge is -2.47. The second-order valence-corrected chi connectivity index (χ2v) is 10.2. The monoisotopic (exact) mass is 482 g/mol. The lowest BCUT2D eigenvalue weighted by atomic mass is 9.76. The molecule has 35 heavy (non-hydrogen) atoms. The van der Waals surface area contributed by atoms with Gasteiger partial charge in [0.1, 0.15) is 17.2 Å². The first-order chi connectivity index (χ1) is 16.8. The molecule has 0 bridgehead atoms. The lowest BCUT2D eigenvalue weighted by Crippen LogP contribution is -2.54. The van der Waals surface area contributed by atoms with Crippen molar-refractivity contribution in [2.75, 3.05) is 41.7 Å². The molecule has 3 fully saturated rings. The average Bonchev–Trinajstić information content (AvgIpc) is 3.54. The van der Waals surface area contributed by atoms with Gasteiger partial charge in [-0.3, -0.25) is 4.90 Å². The van der Waals surface area contributed by atoms with Gasteiger partial charge in [0.2, 0.25) is 0 Å². The van der Waals surface area contributed by atoms with Crippen molar-refractivity contribution >= 4 is 28.2 Å². The van der Waals surface area contributed by atoms with Crippen LogP contribution in [0.1, 0.15) is 31.2 Å².